The van der Waals surface area contributed by atoms with E-state index in [1.165, 1.54) is 43.1 Å². The minimum Gasteiger partial charge on any atom is -0.480 e. The number of aliphatic carboxylic acids is 3. The van der Waals surface area contributed by atoms with Gasteiger partial charge in [-0.1, -0.05) is 0 Å². The molecule has 0 aromatic rings. The highest BCUT2D eigenvalue weighted by Gasteiger charge is 2.23. The Hall–Kier alpha value is -2.93. The molecular weight excluding hydrogens is 526 g/mol. The van der Waals surface area contributed by atoms with E-state index in [9.17, 15) is 39.3 Å². The van der Waals surface area contributed by atoms with Crippen molar-refractivity contribution in [1.82, 2.24) is 24.8 Å². The third kappa shape index (κ3) is 17.3. The van der Waals surface area contributed by atoms with Gasteiger partial charge in [0.2, 0.25) is 0 Å². The molecule has 0 unspecified atom stereocenters. The largest absolute Gasteiger partial charge is 0.480 e. The van der Waals surface area contributed by atoms with E-state index < -0.39 is 49.4 Å². The highest BCUT2D eigenvalue weighted by Crippen LogP contribution is 2.01. The minimum absolute atomic E-state index is 0.0134. The van der Waals surface area contributed by atoms with Gasteiger partial charge in [0.05, 0.1) is 73.2 Å². The van der Waals surface area contributed by atoms with E-state index in [1.54, 1.807) is 0 Å². The van der Waals surface area contributed by atoms with E-state index in [2.05, 4.69) is 0 Å². The van der Waals surface area contributed by atoms with E-state index in [0.717, 1.165) is 10.1 Å². The monoisotopic (exact) mass is 567 g/mol. The Morgan fingerprint density at radius 3 is 1.08 bits per heavy atom. The van der Waals surface area contributed by atoms with Crippen molar-refractivity contribution in [2.45, 2.75) is 0 Å². The summed E-state index contributed by atoms with van der Waals surface area (Å²) in [4.78, 5) is 73.4. The quantitative estimate of drug-likeness (QED) is 0.101. The fourth-order valence-corrected chi connectivity index (χ4v) is 3.36. The third-order valence-corrected chi connectivity index (χ3v) is 5.25. The number of rotatable bonds is 24. The number of carbonyl (C=O) groups excluding carboxylic acids is 2. The molecule has 0 heterocycles. The van der Waals surface area contributed by atoms with Crippen LogP contribution in [0.1, 0.15) is 0 Å². The molecule has 0 aliphatic carbocycles. The van der Waals surface area contributed by atoms with Crippen LogP contribution in [0.25, 0.3) is 0 Å². The SMILES string of the molecule is COCCN(OC)C(=O)CN(CCN(CCN(CC(=O)O)CC(=O)N(CCOC)OC)CC(=O)O)CC(=O)O. The molecule has 0 aliphatic rings. The summed E-state index contributed by atoms with van der Waals surface area (Å²) in [5, 5.41) is 29.9. The summed E-state index contributed by atoms with van der Waals surface area (Å²) < 4.78 is 9.84. The second-order valence-electron chi connectivity index (χ2n) is 8.22. The number of hydrogen-bond acceptors (Lipinski definition) is 12. The van der Waals surface area contributed by atoms with Crippen molar-refractivity contribution in [2.75, 3.05) is 114 Å². The lowest BCUT2D eigenvalue weighted by Crippen LogP contribution is -2.48. The Kier molecular flexibility index (Phi) is 19.4. The van der Waals surface area contributed by atoms with Gasteiger partial charge in [-0.25, -0.2) is 10.1 Å². The van der Waals surface area contributed by atoms with Crippen LogP contribution in [0.15, 0.2) is 0 Å². The van der Waals surface area contributed by atoms with Gasteiger partial charge in [0.15, 0.2) is 0 Å². The van der Waals surface area contributed by atoms with Crippen LogP contribution >= 0.6 is 0 Å². The fraction of sp³-hybridized carbons (Fsp3) is 0.773. The summed E-state index contributed by atoms with van der Waals surface area (Å²) in [5.74, 6) is -4.55. The molecule has 3 N–H and O–H groups in total. The molecule has 0 aromatic heterocycles. The maximum atomic E-state index is 12.5. The zero-order valence-corrected chi connectivity index (χ0v) is 22.9. The lowest BCUT2D eigenvalue weighted by atomic mass is 10.3. The molecule has 17 nitrogen and oxygen atoms in total. The van der Waals surface area contributed by atoms with Crippen molar-refractivity contribution in [2.24, 2.45) is 0 Å². The van der Waals surface area contributed by atoms with Crippen LogP contribution in [-0.4, -0.2) is 184 Å². The lowest BCUT2D eigenvalue weighted by molar-refractivity contribution is -0.180. The van der Waals surface area contributed by atoms with Crippen molar-refractivity contribution < 1.29 is 58.4 Å². The van der Waals surface area contributed by atoms with Gasteiger partial charge in [-0.2, -0.15) is 0 Å². The van der Waals surface area contributed by atoms with Gasteiger partial charge in [0.25, 0.3) is 11.8 Å². The lowest BCUT2D eigenvalue weighted by Gasteiger charge is -2.29. The van der Waals surface area contributed by atoms with E-state index in [-0.39, 0.29) is 65.6 Å². The number of carboxylic acid groups (broad SMARTS) is 3. The first-order valence-corrected chi connectivity index (χ1v) is 12.0. The number of hydrogen-bond donors (Lipinski definition) is 3. The Morgan fingerprint density at radius 2 is 0.795 bits per heavy atom. The van der Waals surface area contributed by atoms with Gasteiger partial charge < -0.3 is 24.8 Å². The third-order valence-electron chi connectivity index (χ3n) is 5.25. The van der Waals surface area contributed by atoms with Gasteiger partial charge in [0, 0.05) is 40.4 Å². The molecule has 2 amide bonds. The molecule has 39 heavy (non-hydrogen) atoms. The molecule has 0 rings (SSSR count). The smallest absolute Gasteiger partial charge is 0.317 e. The van der Waals surface area contributed by atoms with E-state index >= 15 is 0 Å². The average Bonchev–Trinajstić information content (AvgIpc) is 2.85. The minimum atomic E-state index is -1.18. The van der Waals surface area contributed by atoms with Crippen LogP contribution in [0.3, 0.4) is 0 Å². The Bertz CT molecular complexity index is 718. The van der Waals surface area contributed by atoms with E-state index in [0.29, 0.717) is 0 Å². The van der Waals surface area contributed by atoms with Crippen LogP contribution in [0.4, 0.5) is 0 Å². The number of carboxylic acids is 3. The van der Waals surface area contributed by atoms with Crippen LogP contribution in [0, 0.1) is 0 Å². The molecule has 0 aliphatic heterocycles. The number of hydroxylamine groups is 4. The number of ether oxygens (including phenoxy) is 2. The van der Waals surface area contributed by atoms with Crippen molar-refractivity contribution >= 4 is 29.7 Å². The summed E-state index contributed by atoms with van der Waals surface area (Å²) in [7, 11) is 5.49. The molecule has 0 radical (unpaired) electrons. The van der Waals surface area contributed by atoms with Crippen LogP contribution in [-0.2, 0) is 43.1 Å². The predicted molar refractivity (Wildman–Crippen MR) is 133 cm³/mol. The molecular formula is C22H41N5O12. The second-order valence-corrected chi connectivity index (χ2v) is 8.22. The maximum absolute atomic E-state index is 12.5. The molecule has 0 aromatic carbocycles. The van der Waals surface area contributed by atoms with Crippen LogP contribution < -0.4 is 0 Å². The Balaban J connectivity index is 5.34. The number of amides is 2. The zero-order chi connectivity index (χ0) is 29.8. The van der Waals surface area contributed by atoms with Crippen molar-refractivity contribution in [3.63, 3.8) is 0 Å². The molecule has 0 saturated heterocycles. The van der Waals surface area contributed by atoms with Gasteiger partial charge in [-0.05, 0) is 0 Å². The average molecular weight is 568 g/mol. The molecule has 0 spiro atoms. The van der Waals surface area contributed by atoms with E-state index in [1.807, 2.05) is 0 Å². The summed E-state index contributed by atoms with van der Waals surface area (Å²) >= 11 is 0. The molecule has 0 bridgehead atoms. The summed E-state index contributed by atoms with van der Waals surface area (Å²) in [6, 6.07) is 0. The van der Waals surface area contributed by atoms with Crippen molar-refractivity contribution in [3.05, 3.63) is 0 Å². The number of carbonyl (C=O) groups is 5. The van der Waals surface area contributed by atoms with E-state index in [4.69, 9.17) is 19.1 Å². The summed E-state index contributed by atoms with van der Waals surface area (Å²) in [6.07, 6.45) is 0. The molecule has 17 heteroatoms. The van der Waals surface area contributed by atoms with Crippen LogP contribution in [0.2, 0.25) is 0 Å². The van der Waals surface area contributed by atoms with Gasteiger partial charge in [-0.15, -0.1) is 0 Å². The first-order valence-electron chi connectivity index (χ1n) is 12.0. The number of nitrogens with zero attached hydrogens (tertiary/aromatic N) is 5. The molecule has 226 valence electrons. The first-order chi connectivity index (χ1) is 18.5. The fourth-order valence-electron chi connectivity index (χ4n) is 3.36. The molecule has 0 saturated carbocycles. The summed E-state index contributed by atoms with van der Waals surface area (Å²) in [5.41, 5.74) is 0. The van der Waals surface area contributed by atoms with Crippen molar-refractivity contribution in [3.8, 4) is 0 Å². The topological polar surface area (TPSA) is 199 Å². The zero-order valence-electron chi connectivity index (χ0n) is 22.9. The Morgan fingerprint density at radius 1 is 0.487 bits per heavy atom. The predicted octanol–water partition coefficient (Wildman–Crippen LogP) is -2.78. The van der Waals surface area contributed by atoms with Gasteiger partial charge >= 0.3 is 17.9 Å². The van der Waals surface area contributed by atoms with Crippen molar-refractivity contribution in [1.29, 1.82) is 0 Å². The first kappa shape index (κ1) is 36.1. The maximum Gasteiger partial charge on any atom is 0.317 e. The summed E-state index contributed by atoms with van der Waals surface area (Å²) in [6.45, 7) is -1.23. The van der Waals surface area contributed by atoms with Crippen LogP contribution in [0.5, 0.6) is 0 Å². The molecule has 0 fully saturated rings. The molecule has 0 atom stereocenters. The van der Waals surface area contributed by atoms with Gasteiger partial charge in [0.1, 0.15) is 0 Å². The highest BCUT2D eigenvalue weighted by molar-refractivity contribution is 5.79. The van der Waals surface area contributed by atoms with Gasteiger partial charge in [-0.3, -0.25) is 48.3 Å². The Labute approximate surface area is 227 Å². The highest BCUT2D eigenvalue weighted by atomic mass is 16.7. The number of methoxy groups -OCH3 is 2. The standard InChI is InChI=1S/C22H41N5O12/c1-36-11-9-26(38-3)18(28)13-24(16-21(32)33)7-5-23(15-20(30)31)6-8-25(17-22(34)35)14-19(29)27(39-4)10-12-37-2/h5-17H2,1-4H3,(H,30,31)(H,32,33)(H,34,35). The second kappa shape index (κ2) is 21.0. The normalized spacial score (nSPS) is 11.3.